The van der Waals surface area contributed by atoms with Gasteiger partial charge in [0.2, 0.25) is 0 Å². The second-order valence-electron chi connectivity index (χ2n) is 8.28. The first kappa shape index (κ1) is 17.1. The predicted octanol–water partition coefficient (Wildman–Crippen LogP) is 6.21. The van der Waals surface area contributed by atoms with Crippen molar-refractivity contribution in [2.45, 2.75) is 38.7 Å². The van der Waals surface area contributed by atoms with Crippen molar-refractivity contribution in [2.75, 3.05) is 7.11 Å². The number of rotatable bonds is 2. The largest absolute Gasteiger partial charge is 0.364 e. The summed E-state index contributed by atoms with van der Waals surface area (Å²) in [6.45, 7) is 8.97. The number of hydrogen-bond acceptors (Lipinski definition) is 1. The summed E-state index contributed by atoms with van der Waals surface area (Å²) in [4.78, 5) is 0. The van der Waals surface area contributed by atoms with Gasteiger partial charge in [-0.1, -0.05) is 93.1 Å². The molecule has 0 radical (unpaired) electrons. The van der Waals surface area contributed by atoms with E-state index in [1.807, 2.05) is 7.11 Å². The average molecular weight is 342 g/mol. The molecule has 1 heteroatoms. The Balaban J connectivity index is 2.14. The molecule has 4 rings (SSSR count). The van der Waals surface area contributed by atoms with Gasteiger partial charge in [-0.3, -0.25) is 0 Å². The van der Waals surface area contributed by atoms with Crippen molar-refractivity contribution >= 4 is 0 Å². The van der Waals surface area contributed by atoms with Gasteiger partial charge in [0, 0.05) is 18.2 Å². The number of aryl methyl sites for hydroxylation is 1. The first-order valence-electron chi connectivity index (χ1n) is 9.26. The summed E-state index contributed by atoms with van der Waals surface area (Å²) in [7, 11) is 1.84. The molecule has 1 aliphatic rings. The van der Waals surface area contributed by atoms with Crippen LogP contribution in [0.15, 0.2) is 66.7 Å². The van der Waals surface area contributed by atoms with E-state index in [0.717, 1.165) is 0 Å². The minimum absolute atomic E-state index is 0.0314. The number of benzene rings is 3. The van der Waals surface area contributed by atoms with Crippen LogP contribution in [0.2, 0.25) is 0 Å². The number of ether oxygens (including phenoxy) is 1. The molecule has 0 spiro atoms. The summed E-state index contributed by atoms with van der Waals surface area (Å²) in [5, 5.41) is 0. The monoisotopic (exact) mass is 342 g/mol. The van der Waals surface area contributed by atoms with Crippen LogP contribution < -0.4 is 0 Å². The van der Waals surface area contributed by atoms with E-state index in [1.165, 1.54) is 38.9 Å². The Morgan fingerprint density at radius 3 is 2.04 bits per heavy atom. The second kappa shape index (κ2) is 5.82. The van der Waals surface area contributed by atoms with Crippen LogP contribution in [0.25, 0.3) is 11.1 Å². The van der Waals surface area contributed by atoms with E-state index in [1.54, 1.807) is 0 Å². The predicted molar refractivity (Wildman–Crippen MR) is 109 cm³/mol. The van der Waals surface area contributed by atoms with E-state index in [0.29, 0.717) is 0 Å². The molecule has 0 heterocycles. The highest BCUT2D eigenvalue weighted by Gasteiger charge is 2.47. The normalized spacial score (nSPS) is 18.5. The Morgan fingerprint density at radius 2 is 1.35 bits per heavy atom. The summed E-state index contributed by atoms with van der Waals surface area (Å²) >= 11 is 0. The van der Waals surface area contributed by atoms with Crippen LogP contribution in [-0.4, -0.2) is 7.11 Å². The van der Waals surface area contributed by atoms with Crippen molar-refractivity contribution in [1.82, 2.24) is 0 Å². The molecule has 0 saturated carbocycles. The lowest BCUT2D eigenvalue weighted by Crippen LogP contribution is -2.32. The third-order valence-corrected chi connectivity index (χ3v) is 5.57. The topological polar surface area (TPSA) is 9.23 Å². The molecule has 26 heavy (non-hydrogen) atoms. The molecular weight excluding hydrogens is 316 g/mol. The van der Waals surface area contributed by atoms with Gasteiger partial charge in [0.25, 0.3) is 0 Å². The zero-order valence-electron chi connectivity index (χ0n) is 16.3. The first-order valence-corrected chi connectivity index (χ1v) is 9.26. The average Bonchev–Trinajstić information content (AvgIpc) is 2.91. The van der Waals surface area contributed by atoms with Gasteiger partial charge in [-0.05, 0) is 34.6 Å². The molecule has 3 aromatic rings. The molecule has 0 unspecified atom stereocenters. The smallest absolute Gasteiger partial charge is 0.144 e. The molecule has 3 aromatic carbocycles. The molecule has 1 aliphatic carbocycles. The van der Waals surface area contributed by atoms with Gasteiger partial charge in [-0.15, -0.1) is 0 Å². The van der Waals surface area contributed by atoms with Gasteiger partial charge >= 0.3 is 0 Å². The molecule has 1 atom stereocenters. The molecular formula is C25H26O. The van der Waals surface area contributed by atoms with Crippen LogP contribution >= 0.6 is 0 Å². The van der Waals surface area contributed by atoms with E-state index in [9.17, 15) is 0 Å². The molecule has 0 aliphatic heterocycles. The van der Waals surface area contributed by atoms with Gasteiger partial charge < -0.3 is 4.74 Å². The fourth-order valence-electron chi connectivity index (χ4n) is 4.42. The van der Waals surface area contributed by atoms with E-state index >= 15 is 0 Å². The lowest BCUT2D eigenvalue weighted by Gasteiger charge is -2.36. The minimum Gasteiger partial charge on any atom is -0.364 e. The van der Waals surface area contributed by atoms with Crippen molar-refractivity contribution in [3.05, 3.63) is 94.5 Å². The first-order chi connectivity index (χ1) is 12.4. The summed E-state index contributed by atoms with van der Waals surface area (Å²) < 4.78 is 6.43. The van der Waals surface area contributed by atoms with E-state index in [4.69, 9.17) is 4.74 Å². The van der Waals surface area contributed by atoms with Crippen LogP contribution in [0.3, 0.4) is 0 Å². The zero-order chi connectivity index (χ0) is 18.5. The van der Waals surface area contributed by atoms with E-state index < -0.39 is 5.60 Å². The standard InChI is InChI=1S/C25H26O/c1-17-14-15-19-18-10-6-7-11-20(18)25(26-5,23(19)16-17)22-13-9-8-12-21(22)24(2,3)4/h6-16H,1-5H3/t25-/m0/s1. The lowest BCUT2D eigenvalue weighted by atomic mass is 9.74. The fraction of sp³-hybridized carbons (Fsp3) is 0.280. The van der Waals surface area contributed by atoms with Crippen molar-refractivity contribution in [2.24, 2.45) is 0 Å². The van der Waals surface area contributed by atoms with Gasteiger partial charge in [-0.2, -0.15) is 0 Å². The van der Waals surface area contributed by atoms with Crippen LogP contribution in [0.1, 0.15) is 48.6 Å². The van der Waals surface area contributed by atoms with E-state index in [-0.39, 0.29) is 5.41 Å². The maximum Gasteiger partial charge on any atom is 0.144 e. The highest BCUT2D eigenvalue weighted by Crippen LogP contribution is 2.54. The summed E-state index contributed by atoms with van der Waals surface area (Å²) in [5.41, 5.74) is 8.32. The minimum atomic E-state index is -0.568. The highest BCUT2D eigenvalue weighted by atomic mass is 16.5. The lowest BCUT2D eigenvalue weighted by molar-refractivity contribution is 0.0608. The maximum atomic E-state index is 6.43. The molecule has 0 saturated heterocycles. The maximum absolute atomic E-state index is 6.43. The van der Waals surface area contributed by atoms with Gasteiger partial charge in [0.05, 0.1) is 0 Å². The Morgan fingerprint density at radius 1 is 0.731 bits per heavy atom. The molecule has 132 valence electrons. The summed E-state index contributed by atoms with van der Waals surface area (Å²) in [5.74, 6) is 0. The van der Waals surface area contributed by atoms with Crippen molar-refractivity contribution in [3.63, 3.8) is 0 Å². The zero-order valence-corrected chi connectivity index (χ0v) is 16.3. The molecule has 0 bridgehead atoms. The Labute approximate surface area is 156 Å². The van der Waals surface area contributed by atoms with E-state index in [2.05, 4.69) is 94.4 Å². The molecule has 0 amide bonds. The third-order valence-electron chi connectivity index (χ3n) is 5.57. The Bertz CT molecular complexity index is 977. The third kappa shape index (κ3) is 2.27. The molecule has 1 nitrogen and oxygen atoms in total. The number of methoxy groups -OCH3 is 1. The fourth-order valence-corrected chi connectivity index (χ4v) is 4.42. The number of hydrogen-bond donors (Lipinski definition) is 0. The van der Waals surface area contributed by atoms with Gasteiger partial charge in [0.1, 0.15) is 5.60 Å². The SMILES string of the molecule is CO[C@]1(c2ccccc2C(C)(C)C)c2ccccc2-c2ccc(C)cc21. The second-order valence-corrected chi connectivity index (χ2v) is 8.28. The quantitative estimate of drug-likeness (QED) is 0.538. The van der Waals surface area contributed by atoms with Crippen LogP contribution in [0.4, 0.5) is 0 Å². The molecule has 0 aromatic heterocycles. The molecule has 0 fully saturated rings. The summed E-state index contributed by atoms with van der Waals surface area (Å²) in [6, 6.07) is 24.1. The summed E-state index contributed by atoms with van der Waals surface area (Å²) in [6.07, 6.45) is 0. The van der Waals surface area contributed by atoms with Crippen LogP contribution in [0, 0.1) is 6.92 Å². The highest BCUT2D eigenvalue weighted by molar-refractivity contribution is 5.83. The van der Waals surface area contributed by atoms with Gasteiger partial charge in [0.15, 0.2) is 0 Å². The van der Waals surface area contributed by atoms with Crippen molar-refractivity contribution in [3.8, 4) is 11.1 Å². The van der Waals surface area contributed by atoms with Crippen LogP contribution in [-0.2, 0) is 15.8 Å². The van der Waals surface area contributed by atoms with Crippen LogP contribution in [0.5, 0.6) is 0 Å². The Kier molecular flexibility index (Phi) is 3.82. The van der Waals surface area contributed by atoms with Crippen molar-refractivity contribution < 1.29 is 4.74 Å². The van der Waals surface area contributed by atoms with Gasteiger partial charge in [-0.25, -0.2) is 0 Å². The Hall–Kier alpha value is -2.38. The molecule has 0 N–H and O–H groups in total. The number of fused-ring (bicyclic) bond motifs is 3. The van der Waals surface area contributed by atoms with Crippen molar-refractivity contribution in [1.29, 1.82) is 0 Å².